The van der Waals surface area contributed by atoms with Crippen LogP contribution in [0.5, 0.6) is 0 Å². The molecule has 0 aromatic carbocycles. The maximum absolute atomic E-state index is 11.3. The average molecular weight is 256 g/mol. The lowest BCUT2D eigenvalue weighted by Gasteiger charge is -2.10. The first-order chi connectivity index (χ1) is 8.06. The number of nitrogens with one attached hydrogen (secondary N) is 2. The van der Waals surface area contributed by atoms with Crippen LogP contribution in [0.3, 0.4) is 0 Å². The number of hydrogen-bond acceptors (Lipinski definition) is 5. The number of rotatable bonds is 3. The van der Waals surface area contributed by atoms with Crippen LogP contribution in [0.1, 0.15) is 16.9 Å². The number of amides is 2. The Labute approximate surface area is 102 Å². The Kier molecular flexibility index (Phi) is 3.10. The van der Waals surface area contributed by atoms with Crippen molar-refractivity contribution in [3.05, 3.63) is 17.0 Å². The summed E-state index contributed by atoms with van der Waals surface area (Å²) in [4.78, 5) is 29.8. The summed E-state index contributed by atoms with van der Waals surface area (Å²) >= 11 is 5.65. The predicted octanol–water partition coefficient (Wildman–Crippen LogP) is -0.471. The lowest BCUT2D eigenvalue weighted by molar-refractivity contribution is -0.119. The van der Waals surface area contributed by atoms with E-state index in [4.69, 9.17) is 17.3 Å². The number of nitrogens with zero attached hydrogens (tertiary/aromatic N) is 2. The second-order valence-electron chi connectivity index (χ2n) is 3.55. The summed E-state index contributed by atoms with van der Waals surface area (Å²) in [7, 11) is 0. The summed E-state index contributed by atoms with van der Waals surface area (Å²) < 4.78 is 0. The molecule has 1 saturated heterocycles. The number of hydrogen-bond donors (Lipinski definition) is 3. The first-order valence-corrected chi connectivity index (χ1v) is 5.32. The van der Waals surface area contributed by atoms with Crippen LogP contribution in [-0.2, 0) is 4.79 Å². The molecule has 7 nitrogen and oxygen atoms in total. The van der Waals surface area contributed by atoms with E-state index in [0.717, 1.165) is 0 Å². The standard InChI is InChI=1S/C9H10ClN5O2/c10-9-14-5(7(11)16)3-6(15-9)13-4-1-2-12-8(4)17/h3-4H,1-2H2,(H2,11,16)(H,12,17)(H,13,14,15). The van der Waals surface area contributed by atoms with E-state index in [0.29, 0.717) is 18.8 Å². The number of primary amides is 1. The van der Waals surface area contributed by atoms with Crippen LogP contribution in [0.4, 0.5) is 5.82 Å². The van der Waals surface area contributed by atoms with Gasteiger partial charge in [-0.15, -0.1) is 0 Å². The third-order valence-electron chi connectivity index (χ3n) is 2.32. The Hall–Kier alpha value is -1.89. The highest BCUT2D eigenvalue weighted by atomic mass is 35.5. The Morgan fingerprint density at radius 3 is 2.94 bits per heavy atom. The van der Waals surface area contributed by atoms with Crippen LogP contribution < -0.4 is 16.4 Å². The van der Waals surface area contributed by atoms with E-state index >= 15 is 0 Å². The van der Waals surface area contributed by atoms with Crippen molar-refractivity contribution in [3.8, 4) is 0 Å². The number of nitrogens with two attached hydrogens (primary N) is 1. The van der Waals surface area contributed by atoms with E-state index in [1.54, 1.807) is 0 Å². The van der Waals surface area contributed by atoms with Crippen molar-refractivity contribution < 1.29 is 9.59 Å². The molecule has 1 unspecified atom stereocenters. The number of carbonyl (C=O) groups is 2. The number of aromatic nitrogens is 2. The van der Waals surface area contributed by atoms with Crippen LogP contribution in [0.2, 0.25) is 5.28 Å². The monoisotopic (exact) mass is 255 g/mol. The highest BCUT2D eigenvalue weighted by Crippen LogP contribution is 2.13. The molecule has 0 saturated carbocycles. The van der Waals surface area contributed by atoms with E-state index in [2.05, 4.69) is 20.6 Å². The molecule has 1 aromatic heterocycles. The molecular weight excluding hydrogens is 246 g/mol. The lowest BCUT2D eigenvalue weighted by Crippen LogP contribution is -2.30. The highest BCUT2D eigenvalue weighted by molar-refractivity contribution is 6.28. The Balaban J connectivity index is 2.20. The molecule has 2 heterocycles. The van der Waals surface area contributed by atoms with Gasteiger partial charge in [0.1, 0.15) is 17.6 Å². The van der Waals surface area contributed by atoms with Gasteiger partial charge in [0.2, 0.25) is 11.2 Å². The van der Waals surface area contributed by atoms with Crippen molar-refractivity contribution in [1.29, 1.82) is 0 Å². The van der Waals surface area contributed by atoms with E-state index in [-0.39, 0.29) is 22.9 Å². The van der Waals surface area contributed by atoms with Crippen molar-refractivity contribution in [2.24, 2.45) is 5.73 Å². The van der Waals surface area contributed by atoms with Gasteiger partial charge in [-0.05, 0) is 18.0 Å². The van der Waals surface area contributed by atoms with Gasteiger partial charge in [-0.1, -0.05) is 0 Å². The van der Waals surface area contributed by atoms with E-state index in [1.165, 1.54) is 6.07 Å². The molecule has 1 atom stereocenters. The van der Waals surface area contributed by atoms with Crippen LogP contribution in [0.25, 0.3) is 0 Å². The van der Waals surface area contributed by atoms with Crippen LogP contribution in [-0.4, -0.2) is 34.4 Å². The van der Waals surface area contributed by atoms with Crippen molar-refractivity contribution in [1.82, 2.24) is 15.3 Å². The number of carbonyl (C=O) groups excluding carboxylic acids is 2. The normalized spacial score (nSPS) is 18.9. The van der Waals surface area contributed by atoms with E-state index in [9.17, 15) is 9.59 Å². The smallest absolute Gasteiger partial charge is 0.267 e. The molecular formula is C9H10ClN5O2. The Bertz CT molecular complexity index is 478. The zero-order chi connectivity index (χ0) is 12.4. The minimum absolute atomic E-state index is 0.00547. The quantitative estimate of drug-likeness (QED) is 0.633. The van der Waals surface area contributed by atoms with Gasteiger partial charge in [0.15, 0.2) is 0 Å². The molecule has 1 fully saturated rings. The summed E-state index contributed by atoms with van der Waals surface area (Å²) in [6, 6.07) is 0.987. The molecule has 90 valence electrons. The highest BCUT2D eigenvalue weighted by Gasteiger charge is 2.24. The van der Waals surface area contributed by atoms with Crippen molar-refractivity contribution in [3.63, 3.8) is 0 Å². The minimum atomic E-state index is -0.701. The van der Waals surface area contributed by atoms with Crippen LogP contribution >= 0.6 is 11.6 Å². The van der Waals surface area contributed by atoms with Gasteiger partial charge in [0.05, 0.1) is 0 Å². The van der Waals surface area contributed by atoms with Crippen LogP contribution in [0, 0.1) is 0 Å². The van der Waals surface area contributed by atoms with Crippen molar-refractivity contribution in [2.45, 2.75) is 12.5 Å². The van der Waals surface area contributed by atoms with Crippen LogP contribution in [0.15, 0.2) is 6.07 Å². The first kappa shape index (κ1) is 11.6. The molecule has 2 amide bonds. The first-order valence-electron chi connectivity index (χ1n) is 4.95. The Morgan fingerprint density at radius 2 is 2.35 bits per heavy atom. The average Bonchev–Trinajstić information content (AvgIpc) is 2.63. The summed E-state index contributed by atoms with van der Waals surface area (Å²) in [5.74, 6) is -0.505. The molecule has 1 aliphatic heterocycles. The second-order valence-corrected chi connectivity index (χ2v) is 3.89. The van der Waals surface area contributed by atoms with Gasteiger partial charge < -0.3 is 16.4 Å². The molecule has 2 rings (SSSR count). The maximum Gasteiger partial charge on any atom is 0.267 e. The zero-order valence-electron chi connectivity index (χ0n) is 8.74. The third kappa shape index (κ3) is 2.62. The summed E-state index contributed by atoms with van der Waals surface area (Å²) in [5, 5.41) is 5.45. The molecule has 0 aliphatic carbocycles. The van der Waals surface area contributed by atoms with Gasteiger partial charge in [0.25, 0.3) is 5.91 Å². The minimum Gasteiger partial charge on any atom is -0.364 e. The topological polar surface area (TPSA) is 110 Å². The molecule has 1 aromatic rings. The van der Waals surface area contributed by atoms with Gasteiger partial charge in [-0.25, -0.2) is 9.97 Å². The molecule has 4 N–H and O–H groups in total. The predicted molar refractivity (Wildman–Crippen MR) is 60.6 cm³/mol. The van der Waals surface area contributed by atoms with E-state index in [1.807, 2.05) is 0 Å². The third-order valence-corrected chi connectivity index (χ3v) is 2.49. The molecule has 0 bridgehead atoms. The molecule has 17 heavy (non-hydrogen) atoms. The fraction of sp³-hybridized carbons (Fsp3) is 0.333. The van der Waals surface area contributed by atoms with Crippen molar-refractivity contribution in [2.75, 3.05) is 11.9 Å². The number of halogens is 1. The zero-order valence-corrected chi connectivity index (χ0v) is 9.49. The second kappa shape index (κ2) is 4.54. The van der Waals surface area contributed by atoms with Gasteiger partial charge >= 0.3 is 0 Å². The maximum atomic E-state index is 11.3. The fourth-order valence-electron chi connectivity index (χ4n) is 1.53. The Morgan fingerprint density at radius 1 is 1.59 bits per heavy atom. The molecule has 0 radical (unpaired) electrons. The van der Waals surface area contributed by atoms with Gasteiger partial charge in [0, 0.05) is 12.6 Å². The largest absolute Gasteiger partial charge is 0.364 e. The number of anilines is 1. The summed E-state index contributed by atoms with van der Waals surface area (Å²) in [5.41, 5.74) is 5.10. The summed E-state index contributed by atoms with van der Waals surface area (Å²) in [6.07, 6.45) is 0.645. The lowest BCUT2D eigenvalue weighted by atomic mass is 10.2. The summed E-state index contributed by atoms with van der Waals surface area (Å²) in [6.45, 7) is 0.609. The molecule has 1 aliphatic rings. The molecule has 0 spiro atoms. The van der Waals surface area contributed by atoms with E-state index < -0.39 is 5.91 Å². The fourth-order valence-corrected chi connectivity index (χ4v) is 1.71. The SMILES string of the molecule is NC(=O)c1cc(NC2CCNC2=O)nc(Cl)n1. The van der Waals surface area contributed by atoms with Gasteiger partial charge in [-0.3, -0.25) is 9.59 Å². The van der Waals surface area contributed by atoms with Gasteiger partial charge in [-0.2, -0.15) is 0 Å². The van der Waals surface area contributed by atoms with Crippen molar-refractivity contribution >= 4 is 29.2 Å². The molecule has 8 heteroatoms.